The van der Waals surface area contributed by atoms with Gasteiger partial charge in [-0.25, -0.2) is 9.97 Å². The SMILES string of the molecule is N#Cc1ccc2c(c1)CN(CC1CCN(c3nccc4nc[nH]c(=O)c34)CC1)CN2. The van der Waals surface area contributed by atoms with Gasteiger partial charge < -0.3 is 15.2 Å². The van der Waals surface area contributed by atoms with E-state index in [9.17, 15) is 4.79 Å². The molecule has 0 unspecified atom stereocenters. The largest absolute Gasteiger partial charge is 0.372 e. The normalized spacial score (nSPS) is 17.4. The van der Waals surface area contributed by atoms with Gasteiger partial charge in [0, 0.05) is 38.1 Å². The number of nitrogens with zero attached hydrogens (tertiary/aromatic N) is 5. The van der Waals surface area contributed by atoms with E-state index in [0.717, 1.165) is 57.2 Å². The fourth-order valence-corrected chi connectivity index (χ4v) is 4.52. The Hall–Kier alpha value is -3.44. The van der Waals surface area contributed by atoms with Gasteiger partial charge >= 0.3 is 0 Å². The molecule has 2 aromatic heterocycles. The molecule has 0 spiro atoms. The molecule has 0 aliphatic carbocycles. The number of nitrogens with one attached hydrogen (secondary N) is 2. The summed E-state index contributed by atoms with van der Waals surface area (Å²) in [5, 5.41) is 13.2. The molecule has 2 N–H and O–H groups in total. The average molecular weight is 401 g/mol. The smallest absolute Gasteiger partial charge is 0.262 e. The van der Waals surface area contributed by atoms with E-state index in [1.54, 1.807) is 12.3 Å². The molecule has 2 aliphatic heterocycles. The predicted octanol–water partition coefficient (Wildman–Crippen LogP) is 2.29. The predicted molar refractivity (Wildman–Crippen MR) is 115 cm³/mol. The molecule has 8 nitrogen and oxygen atoms in total. The maximum atomic E-state index is 12.3. The molecular weight excluding hydrogens is 378 g/mol. The quantitative estimate of drug-likeness (QED) is 0.694. The molecule has 1 fully saturated rings. The lowest BCUT2D eigenvalue weighted by molar-refractivity contribution is 0.210. The van der Waals surface area contributed by atoms with Gasteiger partial charge in [0.05, 0.1) is 30.1 Å². The van der Waals surface area contributed by atoms with Crippen LogP contribution in [0.25, 0.3) is 10.9 Å². The Kier molecular flexibility index (Phi) is 4.81. The molecule has 8 heteroatoms. The Morgan fingerprint density at radius 1 is 1.20 bits per heavy atom. The fourth-order valence-electron chi connectivity index (χ4n) is 4.52. The van der Waals surface area contributed by atoms with Gasteiger partial charge in [0.2, 0.25) is 0 Å². The van der Waals surface area contributed by atoms with Crippen LogP contribution in [0.15, 0.2) is 41.6 Å². The van der Waals surface area contributed by atoms with Crippen LogP contribution in [0.3, 0.4) is 0 Å². The third kappa shape index (κ3) is 3.48. The molecule has 152 valence electrons. The van der Waals surface area contributed by atoms with Crippen LogP contribution < -0.4 is 15.8 Å². The molecule has 0 saturated carbocycles. The van der Waals surface area contributed by atoms with Crippen molar-refractivity contribution in [2.75, 3.05) is 36.5 Å². The molecule has 0 amide bonds. The van der Waals surface area contributed by atoms with Crippen LogP contribution in [-0.4, -0.2) is 46.2 Å². The first-order chi connectivity index (χ1) is 14.7. The summed E-state index contributed by atoms with van der Waals surface area (Å²) < 4.78 is 0. The maximum absolute atomic E-state index is 12.3. The van der Waals surface area contributed by atoms with Crippen LogP contribution in [-0.2, 0) is 6.54 Å². The number of hydrogen-bond acceptors (Lipinski definition) is 7. The summed E-state index contributed by atoms with van der Waals surface area (Å²) in [5.41, 5.74) is 3.56. The first-order valence-corrected chi connectivity index (χ1v) is 10.3. The number of piperidine rings is 1. The molecule has 5 rings (SSSR count). The second kappa shape index (κ2) is 7.76. The van der Waals surface area contributed by atoms with E-state index >= 15 is 0 Å². The van der Waals surface area contributed by atoms with Crippen molar-refractivity contribution in [2.24, 2.45) is 5.92 Å². The number of fused-ring (bicyclic) bond motifs is 2. The van der Waals surface area contributed by atoms with Crippen molar-refractivity contribution in [3.8, 4) is 6.07 Å². The Bertz CT molecular complexity index is 1170. The third-order valence-electron chi connectivity index (χ3n) is 6.09. The Morgan fingerprint density at radius 3 is 2.90 bits per heavy atom. The summed E-state index contributed by atoms with van der Waals surface area (Å²) in [6.07, 6.45) is 5.27. The molecule has 0 bridgehead atoms. The Labute approximate surface area is 174 Å². The van der Waals surface area contributed by atoms with E-state index < -0.39 is 0 Å². The zero-order valence-electron chi connectivity index (χ0n) is 16.6. The zero-order chi connectivity index (χ0) is 20.5. The van der Waals surface area contributed by atoms with E-state index in [1.807, 2.05) is 18.2 Å². The number of benzene rings is 1. The van der Waals surface area contributed by atoms with Gasteiger partial charge in [0.25, 0.3) is 5.56 Å². The van der Waals surface area contributed by atoms with E-state index in [4.69, 9.17) is 5.26 Å². The average Bonchev–Trinajstić information content (AvgIpc) is 2.79. The van der Waals surface area contributed by atoms with Crippen LogP contribution in [0, 0.1) is 17.2 Å². The van der Waals surface area contributed by atoms with Crippen molar-refractivity contribution in [3.05, 3.63) is 58.3 Å². The first-order valence-electron chi connectivity index (χ1n) is 10.3. The summed E-state index contributed by atoms with van der Waals surface area (Å²) in [6, 6.07) is 9.84. The van der Waals surface area contributed by atoms with Crippen molar-refractivity contribution in [1.82, 2.24) is 19.9 Å². The highest BCUT2D eigenvalue weighted by molar-refractivity contribution is 5.88. The molecule has 30 heavy (non-hydrogen) atoms. The number of anilines is 2. The highest BCUT2D eigenvalue weighted by Gasteiger charge is 2.25. The van der Waals surface area contributed by atoms with Gasteiger partial charge in [-0.2, -0.15) is 5.26 Å². The van der Waals surface area contributed by atoms with E-state index in [0.29, 0.717) is 22.4 Å². The lowest BCUT2D eigenvalue weighted by Gasteiger charge is -2.37. The molecule has 0 radical (unpaired) electrons. The molecule has 2 aliphatic rings. The second-order valence-corrected chi connectivity index (χ2v) is 8.02. The standard InChI is InChI=1S/C22H23N7O/c23-10-16-1-2-18-17(9-16)12-28(14-27-18)11-15-4-7-29(8-5-15)21-20-19(3-6-24-21)25-13-26-22(20)30/h1-3,6,9,13,15,27H,4-5,7-8,11-12,14H2,(H,25,26,30). The maximum Gasteiger partial charge on any atom is 0.262 e. The van der Waals surface area contributed by atoms with Crippen molar-refractivity contribution in [3.63, 3.8) is 0 Å². The molecule has 4 heterocycles. The number of aromatic amines is 1. The highest BCUT2D eigenvalue weighted by atomic mass is 16.1. The fraction of sp³-hybridized carbons (Fsp3) is 0.364. The molecule has 0 atom stereocenters. The molecule has 1 aromatic carbocycles. The van der Waals surface area contributed by atoms with Crippen LogP contribution >= 0.6 is 0 Å². The lowest BCUT2D eigenvalue weighted by Crippen LogP contribution is -2.42. The number of rotatable bonds is 3. The zero-order valence-corrected chi connectivity index (χ0v) is 16.6. The molecule has 3 aromatic rings. The van der Waals surface area contributed by atoms with Gasteiger partial charge in [-0.15, -0.1) is 0 Å². The van der Waals surface area contributed by atoms with Crippen molar-refractivity contribution in [2.45, 2.75) is 19.4 Å². The van der Waals surface area contributed by atoms with Gasteiger partial charge in [-0.1, -0.05) is 0 Å². The Balaban J connectivity index is 1.24. The number of aromatic nitrogens is 3. The van der Waals surface area contributed by atoms with E-state index in [-0.39, 0.29) is 5.56 Å². The number of pyridine rings is 1. The van der Waals surface area contributed by atoms with Crippen molar-refractivity contribution >= 4 is 22.4 Å². The lowest BCUT2D eigenvalue weighted by atomic mass is 9.95. The van der Waals surface area contributed by atoms with Crippen LogP contribution in [0.1, 0.15) is 24.0 Å². The molecule has 1 saturated heterocycles. The minimum atomic E-state index is -0.139. The van der Waals surface area contributed by atoms with Crippen LogP contribution in [0.2, 0.25) is 0 Å². The summed E-state index contributed by atoms with van der Waals surface area (Å²) in [4.78, 5) is 28.4. The van der Waals surface area contributed by atoms with Gasteiger partial charge in [0.15, 0.2) is 0 Å². The Morgan fingerprint density at radius 2 is 2.07 bits per heavy atom. The van der Waals surface area contributed by atoms with Crippen LogP contribution in [0.4, 0.5) is 11.5 Å². The highest BCUT2D eigenvalue weighted by Crippen LogP contribution is 2.28. The summed E-state index contributed by atoms with van der Waals surface area (Å²) in [6.45, 7) is 4.46. The van der Waals surface area contributed by atoms with Crippen molar-refractivity contribution in [1.29, 1.82) is 5.26 Å². The monoisotopic (exact) mass is 401 g/mol. The molecular formula is C22H23N7O. The first kappa shape index (κ1) is 18.6. The van der Waals surface area contributed by atoms with Crippen molar-refractivity contribution < 1.29 is 0 Å². The topological polar surface area (TPSA) is 101 Å². The minimum Gasteiger partial charge on any atom is -0.372 e. The number of H-pyrrole nitrogens is 1. The number of nitriles is 1. The minimum absolute atomic E-state index is 0.139. The van der Waals surface area contributed by atoms with E-state index in [2.05, 4.69) is 36.1 Å². The summed E-state index contributed by atoms with van der Waals surface area (Å²) in [7, 11) is 0. The van der Waals surface area contributed by atoms with Gasteiger partial charge in [0.1, 0.15) is 11.2 Å². The van der Waals surface area contributed by atoms with Crippen LogP contribution in [0.5, 0.6) is 0 Å². The number of hydrogen-bond donors (Lipinski definition) is 2. The second-order valence-electron chi connectivity index (χ2n) is 8.02. The van der Waals surface area contributed by atoms with Gasteiger partial charge in [-0.3, -0.25) is 9.69 Å². The van der Waals surface area contributed by atoms with E-state index in [1.165, 1.54) is 11.9 Å². The van der Waals surface area contributed by atoms with Gasteiger partial charge in [-0.05, 0) is 48.6 Å². The summed E-state index contributed by atoms with van der Waals surface area (Å²) >= 11 is 0. The third-order valence-corrected chi connectivity index (χ3v) is 6.09. The summed E-state index contributed by atoms with van der Waals surface area (Å²) in [5.74, 6) is 1.33.